The van der Waals surface area contributed by atoms with Gasteiger partial charge in [0.15, 0.2) is 0 Å². The number of hydrogen-bond donors (Lipinski definition) is 1. The van der Waals surface area contributed by atoms with Gasteiger partial charge in [0.2, 0.25) is 0 Å². The van der Waals surface area contributed by atoms with Crippen LogP contribution < -0.4 is 5.32 Å². The van der Waals surface area contributed by atoms with E-state index in [1.165, 1.54) is 22.4 Å². The minimum Gasteiger partial charge on any atom is -0.312 e. The number of benzene rings is 1. The maximum atomic E-state index is 4.76. The van der Waals surface area contributed by atoms with Gasteiger partial charge in [-0.25, -0.2) is 9.97 Å². The summed E-state index contributed by atoms with van der Waals surface area (Å²) in [6.07, 6.45) is 2.96. The number of nitrogens with zero attached hydrogens (tertiary/aromatic N) is 2. The second-order valence-electron chi connectivity index (χ2n) is 5.57. The maximum Gasteiger partial charge on any atom is 0.129 e. The van der Waals surface area contributed by atoms with E-state index in [4.69, 9.17) is 4.98 Å². The first-order valence-corrected chi connectivity index (χ1v) is 7.34. The molecule has 0 aliphatic carbocycles. The summed E-state index contributed by atoms with van der Waals surface area (Å²) in [4.78, 5) is 9.43. The van der Waals surface area contributed by atoms with Crippen molar-refractivity contribution in [3.63, 3.8) is 0 Å². The van der Waals surface area contributed by atoms with Crippen molar-refractivity contribution in [3.05, 3.63) is 58.2 Å². The van der Waals surface area contributed by atoms with E-state index in [1.807, 2.05) is 0 Å². The first-order chi connectivity index (χ1) is 9.72. The molecule has 0 radical (unpaired) electrons. The van der Waals surface area contributed by atoms with Crippen molar-refractivity contribution in [2.45, 2.75) is 39.7 Å². The molecule has 1 aromatic heterocycles. The molecule has 2 aromatic rings. The Bertz CT molecular complexity index is 620. The molecule has 1 aliphatic heterocycles. The third-order valence-corrected chi connectivity index (χ3v) is 3.91. The van der Waals surface area contributed by atoms with Crippen LogP contribution in [-0.2, 0) is 25.8 Å². The summed E-state index contributed by atoms with van der Waals surface area (Å²) in [5.74, 6) is 0.990. The van der Waals surface area contributed by atoms with Crippen molar-refractivity contribution in [2.24, 2.45) is 0 Å². The fourth-order valence-electron chi connectivity index (χ4n) is 2.81. The Kier molecular flexibility index (Phi) is 3.79. The van der Waals surface area contributed by atoms with Gasteiger partial charge >= 0.3 is 0 Å². The predicted molar refractivity (Wildman–Crippen MR) is 80.8 cm³/mol. The van der Waals surface area contributed by atoms with Gasteiger partial charge in [0, 0.05) is 37.2 Å². The number of nitrogens with one attached hydrogen (secondary N) is 1. The zero-order valence-corrected chi connectivity index (χ0v) is 12.2. The summed E-state index contributed by atoms with van der Waals surface area (Å²) in [5, 5.41) is 3.39. The molecule has 0 bridgehead atoms. The SMILES string of the molecule is Cc1cccc(CCc2nc(C)c3c(n2)CCNC3)c1. The first-order valence-electron chi connectivity index (χ1n) is 7.34. The Morgan fingerprint density at radius 3 is 2.90 bits per heavy atom. The molecule has 3 heteroatoms. The van der Waals surface area contributed by atoms with E-state index in [2.05, 4.69) is 48.4 Å². The summed E-state index contributed by atoms with van der Waals surface area (Å²) in [7, 11) is 0. The predicted octanol–water partition coefficient (Wildman–Crippen LogP) is 2.52. The van der Waals surface area contributed by atoms with Gasteiger partial charge in [-0.3, -0.25) is 0 Å². The first kappa shape index (κ1) is 13.3. The van der Waals surface area contributed by atoms with Gasteiger partial charge in [-0.15, -0.1) is 0 Å². The number of rotatable bonds is 3. The van der Waals surface area contributed by atoms with Crippen LogP contribution in [0.4, 0.5) is 0 Å². The Morgan fingerprint density at radius 2 is 2.05 bits per heavy atom. The standard InChI is InChI=1S/C17H21N3/c1-12-4-3-5-14(10-12)6-7-17-19-13(2)15-11-18-9-8-16(15)20-17/h3-5,10,18H,6-9,11H2,1-2H3. The van der Waals surface area contributed by atoms with E-state index < -0.39 is 0 Å². The smallest absolute Gasteiger partial charge is 0.129 e. The molecule has 20 heavy (non-hydrogen) atoms. The molecular formula is C17H21N3. The molecule has 0 unspecified atom stereocenters. The van der Waals surface area contributed by atoms with Gasteiger partial charge in [0.25, 0.3) is 0 Å². The lowest BCUT2D eigenvalue weighted by molar-refractivity contribution is 0.613. The number of hydrogen-bond acceptors (Lipinski definition) is 3. The van der Waals surface area contributed by atoms with Crippen LogP contribution in [0, 0.1) is 13.8 Å². The van der Waals surface area contributed by atoms with Gasteiger partial charge in [-0.2, -0.15) is 0 Å². The summed E-state index contributed by atoms with van der Waals surface area (Å²) < 4.78 is 0. The van der Waals surface area contributed by atoms with Crippen molar-refractivity contribution >= 4 is 0 Å². The van der Waals surface area contributed by atoms with Gasteiger partial charge in [-0.1, -0.05) is 29.8 Å². The molecule has 0 spiro atoms. The summed E-state index contributed by atoms with van der Waals surface area (Å²) in [6.45, 7) is 6.18. The lowest BCUT2D eigenvalue weighted by Crippen LogP contribution is -2.26. The second kappa shape index (κ2) is 5.71. The fraction of sp³-hybridized carbons (Fsp3) is 0.412. The second-order valence-corrected chi connectivity index (χ2v) is 5.57. The third-order valence-electron chi connectivity index (χ3n) is 3.91. The molecule has 0 atom stereocenters. The van der Waals surface area contributed by atoms with Crippen LogP contribution in [0.25, 0.3) is 0 Å². The van der Waals surface area contributed by atoms with E-state index in [0.717, 1.165) is 43.9 Å². The molecule has 0 amide bonds. The maximum absolute atomic E-state index is 4.76. The Labute approximate surface area is 120 Å². The Hall–Kier alpha value is -1.74. The number of fused-ring (bicyclic) bond motifs is 1. The van der Waals surface area contributed by atoms with Gasteiger partial charge < -0.3 is 5.32 Å². The van der Waals surface area contributed by atoms with E-state index in [0.29, 0.717) is 0 Å². The normalized spacial score (nSPS) is 14.1. The van der Waals surface area contributed by atoms with E-state index in [9.17, 15) is 0 Å². The molecule has 0 fully saturated rings. The van der Waals surface area contributed by atoms with Crippen molar-refractivity contribution in [2.75, 3.05) is 6.54 Å². The van der Waals surface area contributed by atoms with E-state index in [1.54, 1.807) is 0 Å². The molecule has 1 aliphatic rings. The summed E-state index contributed by atoms with van der Waals surface area (Å²) in [5.41, 5.74) is 6.37. The zero-order chi connectivity index (χ0) is 13.9. The fourth-order valence-corrected chi connectivity index (χ4v) is 2.81. The monoisotopic (exact) mass is 267 g/mol. The van der Waals surface area contributed by atoms with Crippen LogP contribution in [0.1, 0.15) is 33.9 Å². The highest BCUT2D eigenvalue weighted by Crippen LogP contribution is 2.16. The molecule has 3 nitrogen and oxygen atoms in total. The van der Waals surface area contributed by atoms with Crippen molar-refractivity contribution in [3.8, 4) is 0 Å². The van der Waals surface area contributed by atoms with E-state index >= 15 is 0 Å². The Morgan fingerprint density at radius 1 is 1.15 bits per heavy atom. The average molecular weight is 267 g/mol. The topological polar surface area (TPSA) is 37.8 Å². The minimum absolute atomic E-state index is 0.916. The third kappa shape index (κ3) is 2.88. The largest absolute Gasteiger partial charge is 0.312 e. The molecule has 2 heterocycles. The summed E-state index contributed by atoms with van der Waals surface area (Å²) >= 11 is 0. The molecular weight excluding hydrogens is 246 g/mol. The molecule has 104 valence electrons. The highest BCUT2D eigenvalue weighted by molar-refractivity contribution is 5.28. The quantitative estimate of drug-likeness (QED) is 0.928. The number of aryl methyl sites for hydroxylation is 4. The van der Waals surface area contributed by atoms with Crippen LogP contribution in [-0.4, -0.2) is 16.5 Å². The lowest BCUT2D eigenvalue weighted by atomic mass is 10.0. The van der Waals surface area contributed by atoms with Crippen LogP contribution in [0.3, 0.4) is 0 Å². The zero-order valence-electron chi connectivity index (χ0n) is 12.2. The highest BCUT2D eigenvalue weighted by Gasteiger charge is 2.14. The minimum atomic E-state index is 0.916. The van der Waals surface area contributed by atoms with Gasteiger partial charge in [0.1, 0.15) is 5.82 Å². The van der Waals surface area contributed by atoms with Crippen LogP contribution in [0.2, 0.25) is 0 Å². The molecule has 0 saturated carbocycles. The summed E-state index contributed by atoms with van der Waals surface area (Å²) in [6, 6.07) is 8.68. The van der Waals surface area contributed by atoms with Crippen LogP contribution >= 0.6 is 0 Å². The van der Waals surface area contributed by atoms with Crippen molar-refractivity contribution in [1.82, 2.24) is 15.3 Å². The van der Waals surface area contributed by atoms with Crippen LogP contribution in [0.5, 0.6) is 0 Å². The molecule has 3 rings (SSSR count). The highest BCUT2D eigenvalue weighted by atomic mass is 14.9. The van der Waals surface area contributed by atoms with Crippen molar-refractivity contribution < 1.29 is 0 Å². The van der Waals surface area contributed by atoms with E-state index in [-0.39, 0.29) is 0 Å². The Balaban J connectivity index is 1.76. The molecule has 1 N–H and O–H groups in total. The van der Waals surface area contributed by atoms with Crippen LogP contribution in [0.15, 0.2) is 24.3 Å². The average Bonchev–Trinajstić information content (AvgIpc) is 2.45. The lowest BCUT2D eigenvalue weighted by Gasteiger charge is -2.18. The van der Waals surface area contributed by atoms with Gasteiger partial charge in [0.05, 0.1) is 5.69 Å². The molecule has 0 saturated heterocycles. The van der Waals surface area contributed by atoms with Gasteiger partial charge in [-0.05, 0) is 25.8 Å². The number of aromatic nitrogens is 2. The molecule has 1 aromatic carbocycles. The van der Waals surface area contributed by atoms with Crippen molar-refractivity contribution in [1.29, 1.82) is 0 Å².